The van der Waals surface area contributed by atoms with Crippen LogP contribution in [0.15, 0.2) is 61.2 Å². The summed E-state index contributed by atoms with van der Waals surface area (Å²) in [5.74, 6) is 1.50. The van der Waals surface area contributed by atoms with Crippen molar-refractivity contribution in [3.05, 3.63) is 71.8 Å². The second-order valence-electron chi connectivity index (χ2n) is 5.70. The molecule has 3 aromatic rings. The number of anilines is 2. The number of carbonyl (C=O) groups is 1. The summed E-state index contributed by atoms with van der Waals surface area (Å²) in [6.07, 6.45) is 2.56. The fourth-order valence-electron chi connectivity index (χ4n) is 2.40. The van der Waals surface area contributed by atoms with Crippen molar-refractivity contribution in [1.82, 2.24) is 10.2 Å². The Morgan fingerprint density at radius 2 is 1.93 bits per heavy atom. The van der Waals surface area contributed by atoms with Gasteiger partial charge in [0.25, 0.3) is 0 Å². The van der Waals surface area contributed by atoms with Gasteiger partial charge >= 0.3 is 6.03 Å². The molecule has 0 unspecified atom stereocenters. The number of hydrogen-bond donors (Lipinski definition) is 2. The summed E-state index contributed by atoms with van der Waals surface area (Å²) in [5.41, 5.74) is 1.70. The molecule has 0 aliphatic carbocycles. The number of aromatic nitrogens is 2. The summed E-state index contributed by atoms with van der Waals surface area (Å²) >= 11 is 1.26. The second-order valence-corrected chi connectivity index (χ2v) is 6.76. The molecular formula is C20H20N4O3S. The summed E-state index contributed by atoms with van der Waals surface area (Å²) in [5, 5.41) is 14.5. The van der Waals surface area contributed by atoms with E-state index in [-0.39, 0.29) is 6.61 Å². The average Bonchev–Trinajstić information content (AvgIpc) is 3.15. The highest BCUT2D eigenvalue weighted by molar-refractivity contribution is 7.15. The number of ether oxygens (including phenoxy) is 2. The number of methoxy groups -OCH3 is 1. The molecule has 0 bridgehead atoms. The van der Waals surface area contributed by atoms with E-state index in [0.29, 0.717) is 15.8 Å². The minimum atomic E-state index is -0.398. The van der Waals surface area contributed by atoms with Gasteiger partial charge in [0.05, 0.1) is 7.11 Å². The van der Waals surface area contributed by atoms with Crippen LogP contribution < -0.4 is 20.1 Å². The Bertz CT molecular complexity index is 941. The summed E-state index contributed by atoms with van der Waals surface area (Å²) < 4.78 is 10.9. The van der Waals surface area contributed by atoms with E-state index >= 15 is 0 Å². The SMILES string of the molecule is C=CCc1ccccc1OCc1nnc(NC(=O)Nc2ccc(OC)cc2)s1. The van der Waals surface area contributed by atoms with Gasteiger partial charge in [-0.15, -0.1) is 16.8 Å². The zero-order valence-corrected chi connectivity index (χ0v) is 16.2. The normalized spacial score (nSPS) is 10.2. The molecule has 3 rings (SSSR count). The number of benzene rings is 2. The van der Waals surface area contributed by atoms with Gasteiger partial charge in [-0.3, -0.25) is 5.32 Å². The molecule has 2 N–H and O–H groups in total. The molecule has 0 atom stereocenters. The van der Waals surface area contributed by atoms with Crippen LogP contribution in [0.3, 0.4) is 0 Å². The fraction of sp³-hybridized carbons (Fsp3) is 0.150. The number of para-hydroxylation sites is 1. The molecule has 1 heterocycles. The maximum absolute atomic E-state index is 12.1. The highest BCUT2D eigenvalue weighted by atomic mass is 32.1. The monoisotopic (exact) mass is 396 g/mol. The van der Waals surface area contributed by atoms with Crippen molar-refractivity contribution in [1.29, 1.82) is 0 Å². The first kappa shape index (κ1) is 19.4. The van der Waals surface area contributed by atoms with Crippen LogP contribution in [0.1, 0.15) is 10.6 Å². The number of nitrogens with one attached hydrogen (secondary N) is 2. The van der Waals surface area contributed by atoms with Crippen molar-refractivity contribution in [3.8, 4) is 11.5 Å². The maximum Gasteiger partial charge on any atom is 0.325 e. The summed E-state index contributed by atoms with van der Waals surface area (Å²) in [7, 11) is 1.59. The number of hydrogen-bond acceptors (Lipinski definition) is 6. The van der Waals surface area contributed by atoms with Crippen molar-refractivity contribution in [2.45, 2.75) is 13.0 Å². The van der Waals surface area contributed by atoms with Crippen LogP contribution in [0.2, 0.25) is 0 Å². The Morgan fingerprint density at radius 3 is 2.68 bits per heavy atom. The van der Waals surface area contributed by atoms with E-state index in [1.54, 1.807) is 31.4 Å². The summed E-state index contributed by atoms with van der Waals surface area (Å²) in [6.45, 7) is 4.03. The lowest BCUT2D eigenvalue weighted by Crippen LogP contribution is -2.19. The van der Waals surface area contributed by atoms with Gasteiger partial charge < -0.3 is 14.8 Å². The van der Waals surface area contributed by atoms with Crippen LogP contribution in [-0.2, 0) is 13.0 Å². The van der Waals surface area contributed by atoms with E-state index in [1.165, 1.54) is 11.3 Å². The predicted octanol–water partition coefficient (Wildman–Crippen LogP) is 4.50. The lowest BCUT2D eigenvalue weighted by molar-refractivity contribution is 0.262. The van der Waals surface area contributed by atoms with Gasteiger partial charge in [-0.2, -0.15) is 0 Å². The summed E-state index contributed by atoms with van der Waals surface area (Å²) in [4.78, 5) is 12.1. The zero-order valence-electron chi connectivity index (χ0n) is 15.3. The van der Waals surface area contributed by atoms with Crippen LogP contribution in [-0.4, -0.2) is 23.3 Å². The molecule has 0 radical (unpaired) electrons. The highest BCUT2D eigenvalue weighted by Gasteiger charge is 2.10. The van der Waals surface area contributed by atoms with Gasteiger partial charge in [0.1, 0.15) is 18.1 Å². The van der Waals surface area contributed by atoms with Gasteiger partial charge in [-0.05, 0) is 42.3 Å². The Morgan fingerprint density at radius 1 is 1.14 bits per heavy atom. The first-order valence-electron chi connectivity index (χ1n) is 8.54. The number of amides is 2. The van der Waals surface area contributed by atoms with E-state index in [0.717, 1.165) is 23.5 Å². The van der Waals surface area contributed by atoms with Gasteiger partial charge in [-0.1, -0.05) is 35.6 Å². The lowest BCUT2D eigenvalue weighted by atomic mass is 10.1. The van der Waals surface area contributed by atoms with E-state index in [1.807, 2.05) is 30.3 Å². The highest BCUT2D eigenvalue weighted by Crippen LogP contribution is 2.22. The maximum atomic E-state index is 12.1. The molecule has 0 aliphatic rings. The van der Waals surface area contributed by atoms with Crippen LogP contribution in [0.25, 0.3) is 0 Å². The molecule has 0 saturated heterocycles. The minimum absolute atomic E-state index is 0.271. The van der Waals surface area contributed by atoms with Crippen molar-refractivity contribution in [2.24, 2.45) is 0 Å². The van der Waals surface area contributed by atoms with E-state index < -0.39 is 6.03 Å². The Balaban J connectivity index is 1.53. The number of allylic oxidation sites excluding steroid dienone is 1. The third-order valence-electron chi connectivity index (χ3n) is 3.72. The van der Waals surface area contributed by atoms with E-state index in [9.17, 15) is 4.79 Å². The quantitative estimate of drug-likeness (QED) is 0.548. The molecule has 0 spiro atoms. The number of urea groups is 1. The van der Waals surface area contributed by atoms with Crippen LogP contribution in [0.4, 0.5) is 15.6 Å². The van der Waals surface area contributed by atoms with Crippen molar-refractivity contribution < 1.29 is 14.3 Å². The molecule has 1 aromatic heterocycles. The first-order valence-corrected chi connectivity index (χ1v) is 9.35. The molecule has 0 aliphatic heterocycles. The number of nitrogens with zero attached hydrogens (tertiary/aromatic N) is 2. The molecule has 7 nitrogen and oxygen atoms in total. The molecular weight excluding hydrogens is 376 g/mol. The van der Waals surface area contributed by atoms with E-state index in [4.69, 9.17) is 9.47 Å². The summed E-state index contributed by atoms with van der Waals surface area (Å²) in [6, 6.07) is 14.4. The molecule has 2 aromatic carbocycles. The third kappa shape index (κ3) is 5.31. The minimum Gasteiger partial charge on any atom is -0.497 e. The molecule has 0 saturated carbocycles. The van der Waals surface area contributed by atoms with E-state index in [2.05, 4.69) is 27.4 Å². The van der Waals surface area contributed by atoms with Crippen LogP contribution >= 0.6 is 11.3 Å². The molecule has 28 heavy (non-hydrogen) atoms. The topological polar surface area (TPSA) is 85.4 Å². The van der Waals surface area contributed by atoms with Gasteiger partial charge in [0.15, 0.2) is 5.01 Å². The lowest BCUT2D eigenvalue weighted by Gasteiger charge is -2.08. The van der Waals surface area contributed by atoms with Crippen molar-refractivity contribution in [2.75, 3.05) is 17.7 Å². The molecule has 2 amide bonds. The Labute approximate surface area is 167 Å². The number of rotatable bonds is 8. The number of carbonyl (C=O) groups excluding carboxylic acids is 1. The van der Waals surface area contributed by atoms with Crippen molar-refractivity contribution in [3.63, 3.8) is 0 Å². The largest absolute Gasteiger partial charge is 0.497 e. The van der Waals surface area contributed by atoms with Crippen LogP contribution in [0, 0.1) is 0 Å². The van der Waals surface area contributed by atoms with Gasteiger partial charge in [0.2, 0.25) is 5.13 Å². The second kappa shape index (κ2) is 9.52. The first-order chi connectivity index (χ1) is 13.7. The van der Waals surface area contributed by atoms with Crippen LogP contribution in [0.5, 0.6) is 11.5 Å². The predicted molar refractivity (Wildman–Crippen MR) is 110 cm³/mol. The van der Waals surface area contributed by atoms with Gasteiger partial charge in [-0.25, -0.2) is 4.79 Å². The molecule has 8 heteroatoms. The Hall–Kier alpha value is -3.39. The van der Waals surface area contributed by atoms with Crippen molar-refractivity contribution >= 4 is 28.2 Å². The smallest absolute Gasteiger partial charge is 0.325 e. The molecule has 0 fully saturated rings. The molecule has 144 valence electrons. The zero-order chi connectivity index (χ0) is 19.8. The fourth-order valence-corrected chi connectivity index (χ4v) is 3.05. The van der Waals surface area contributed by atoms with Gasteiger partial charge in [0, 0.05) is 5.69 Å². The third-order valence-corrected chi connectivity index (χ3v) is 4.54. The average molecular weight is 396 g/mol. The standard InChI is InChI=1S/C20H20N4O3S/c1-3-6-14-7-4-5-8-17(14)27-13-18-23-24-20(28-18)22-19(25)21-15-9-11-16(26-2)12-10-15/h3-5,7-12H,1,6,13H2,2H3,(H2,21,22,24,25). The Kier molecular flexibility index (Phi) is 6.59.